The second-order valence-corrected chi connectivity index (χ2v) is 6.60. The predicted octanol–water partition coefficient (Wildman–Crippen LogP) is 5.06. The lowest BCUT2D eigenvalue weighted by atomic mass is 10.1. The highest BCUT2D eigenvalue weighted by molar-refractivity contribution is 5.97. The first-order valence-corrected chi connectivity index (χ1v) is 9.58. The van der Waals surface area contributed by atoms with Crippen molar-refractivity contribution in [1.29, 1.82) is 0 Å². The number of nitrogens with zero attached hydrogens (tertiary/aromatic N) is 1. The van der Waals surface area contributed by atoms with Gasteiger partial charge >= 0.3 is 6.09 Å². The van der Waals surface area contributed by atoms with Crippen molar-refractivity contribution < 1.29 is 24.1 Å². The van der Waals surface area contributed by atoms with E-state index in [0.717, 1.165) is 11.1 Å². The zero-order valence-corrected chi connectivity index (χ0v) is 17.1. The molecule has 0 heterocycles. The maximum absolute atomic E-state index is 12.6. The number of phenolic OH excluding ortho intramolecular Hbond substituents is 1. The quantitative estimate of drug-likeness (QED) is 0.529. The Balaban J connectivity index is 1.82. The summed E-state index contributed by atoms with van der Waals surface area (Å²) in [5.41, 5.74) is 3.08. The van der Waals surface area contributed by atoms with E-state index in [0.29, 0.717) is 36.8 Å². The van der Waals surface area contributed by atoms with Gasteiger partial charge in [0.15, 0.2) is 0 Å². The normalized spacial score (nSPS) is 10.5. The molecule has 0 unspecified atom stereocenters. The van der Waals surface area contributed by atoms with Gasteiger partial charge in [-0.1, -0.05) is 36.4 Å². The van der Waals surface area contributed by atoms with E-state index in [1.165, 1.54) is 12.0 Å². The van der Waals surface area contributed by atoms with E-state index < -0.39 is 6.09 Å². The summed E-state index contributed by atoms with van der Waals surface area (Å²) in [6, 6.07) is 21.9. The molecular weight excluding hydrogens is 382 g/mol. The number of carbonyl (C=O) groups is 1. The minimum Gasteiger partial charge on any atom is -0.508 e. The number of hydrogen-bond acceptors (Lipinski definition) is 5. The van der Waals surface area contributed by atoms with Crippen LogP contribution in [0.4, 0.5) is 16.2 Å². The van der Waals surface area contributed by atoms with Crippen molar-refractivity contribution in [1.82, 2.24) is 0 Å². The Kier molecular flexibility index (Phi) is 7.29. The zero-order chi connectivity index (χ0) is 21.3. The fraction of sp³-hybridized carbons (Fsp3) is 0.208. The molecule has 156 valence electrons. The Morgan fingerprint density at radius 1 is 0.967 bits per heavy atom. The Morgan fingerprint density at radius 2 is 1.70 bits per heavy atom. The molecule has 0 bridgehead atoms. The molecule has 0 spiro atoms. The van der Waals surface area contributed by atoms with Gasteiger partial charge in [0.1, 0.15) is 11.5 Å². The van der Waals surface area contributed by atoms with Gasteiger partial charge in [-0.2, -0.15) is 0 Å². The van der Waals surface area contributed by atoms with Gasteiger partial charge in [-0.15, -0.1) is 0 Å². The first-order chi connectivity index (χ1) is 14.6. The van der Waals surface area contributed by atoms with Crippen LogP contribution in [0.3, 0.4) is 0 Å². The van der Waals surface area contributed by atoms with E-state index >= 15 is 0 Å². The van der Waals surface area contributed by atoms with E-state index in [9.17, 15) is 9.90 Å². The monoisotopic (exact) mass is 407 g/mol. The maximum Gasteiger partial charge on any atom is 0.418 e. The molecule has 0 atom stereocenters. The number of methoxy groups -OCH3 is 2. The third kappa shape index (κ3) is 5.30. The largest absolute Gasteiger partial charge is 0.508 e. The van der Waals surface area contributed by atoms with Gasteiger partial charge in [0.25, 0.3) is 0 Å². The average Bonchev–Trinajstić information content (AvgIpc) is 2.79. The van der Waals surface area contributed by atoms with Crippen LogP contribution in [0.2, 0.25) is 0 Å². The zero-order valence-electron chi connectivity index (χ0n) is 17.1. The Bertz CT molecular complexity index is 957. The molecule has 0 saturated carbocycles. The molecule has 1 N–H and O–H groups in total. The van der Waals surface area contributed by atoms with E-state index in [-0.39, 0.29) is 5.75 Å². The molecule has 0 aliphatic rings. The second-order valence-electron chi connectivity index (χ2n) is 6.60. The van der Waals surface area contributed by atoms with Gasteiger partial charge in [-0.3, -0.25) is 0 Å². The van der Waals surface area contributed by atoms with Crippen molar-refractivity contribution in [2.24, 2.45) is 0 Å². The number of anilines is 2. The SMILES string of the molecule is COC(=O)N(c1ccc(OC)cc1)c1cc(O)ccc1CCOCc1ccccc1. The first-order valence-electron chi connectivity index (χ1n) is 9.58. The van der Waals surface area contributed by atoms with Crippen LogP contribution in [0.1, 0.15) is 11.1 Å². The highest BCUT2D eigenvalue weighted by Gasteiger charge is 2.22. The summed E-state index contributed by atoms with van der Waals surface area (Å²) in [5, 5.41) is 10.1. The van der Waals surface area contributed by atoms with Crippen LogP contribution in [-0.4, -0.2) is 32.0 Å². The lowest BCUT2D eigenvalue weighted by Gasteiger charge is -2.24. The summed E-state index contributed by atoms with van der Waals surface area (Å²) in [5.74, 6) is 0.732. The number of aromatic hydroxyl groups is 1. The fourth-order valence-corrected chi connectivity index (χ4v) is 3.08. The molecule has 0 radical (unpaired) electrons. The average molecular weight is 407 g/mol. The molecule has 3 rings (SSSR count). The standard InChI is InChI=1S/C24H25NO5/c1-28-22-12-9-20(10-13-22)25(24(27)29-2)23-16-21(26)11-8-19(23)14-15-30-17-18-6-4-3-5-7-18/h3-13,16,26H,14-15,17H2,1-2H3. The number of hydrogen-bond donors (Lipinski definition) is 1. The number of carbonyl (C=O) groups excluding carboxylic acids is 1. The summed E-state index contributed by atoms with van der Waals surface area (Å²) in [7, 11) is 2.90. The summed E-state index contributed by atoms with van der Waals surface area (Å²) >= 11 is 0. The van der Waals surface area contributed by atoms with E-state index in [1.807, 2.05) is 30.3 Å². The number of amides is 1. The maximum atomic E-state index is 12.6. The molecule has 0 fully saturated rings. The summed E-state index contributed by atoms with van der Waals surface area (Å²) in [6.45, 7) is 0.970. The molecule has 6 heteroatoms. The van der Waals surface area contributed by atoms with Crippen molar-refractivity contribution >= 4 is 17.5 Å². The van der Waals surface area contributed by atoms with Crippen LogP contribution in [0.25, 0.3) is 0 Å². The van der Waals surface area contributed by atoms with E-state index in [2.05, 4.69) is 0 Å². The molecule has 1 amide bonds. The van der Waals surface area contributed by atoms with Crippen LogP contribution >= 0.6 is 0 Å². The minimum atomic E-state index is -0.558. The van der Waals surface area contributed by atoms with Gasteiger partial charge < -0.3 is 19.3 Å². The second kappa shape index (κ2) is 10.3. The number of rotatable bonds is 8. The van der Waals surface area contributed by atoms with Crippen LogP contribution in [0, 0.1) is 0 Å². The molecule has 0 aliphatic carbocycles. The van der Waals surface area contributed by atoms with Crippen LogP contribution in [0.5, 0.6) is 11.5 Å². The Hall–Kier alpha value is -3.51. The fourth-order valence-electron chi connectivity index (χ4n) is 3.08. The Morgan fingerprint density at radius 3 is 2.37 bits per heavy atom. The van der Waals surface area contributed by atoms with Gasteiger partial charge in [0.05, 0.1) is 38.8 Å². The lowest BCUT2D eigenvalue weighted by Crippen LogP contribution is -2.26. The smallest absolute Gasteiger partial charge is 0.418 e. The highest BCUT2D eigenvalue weighted by atomic mass is 16.5. The van der Waals surface area contributed by atoms with E-state index in [1.54, 1.807) is 49.6 Å². The van der Waals surface area contributed by atoms with Crippen molar-refractivity contribution in [2.45, 2.75) is 13.0 Å². The summed E-state index contributed by atoms with van der Waals surface area (Å²) in [4.78, 5) is 14.0. The summed E-state index contributed by atoms with van der Waals surface area (Å²) < 4.78 is 16.0. The lowest BCUT2D eigenvalue weighted by molar-refractivity contribution is 0.124. The first kappa shape index (κ1) is 21.2. The Labute approximate surface area is 176 Å². The molecule has 0 aromatic heterocycles. The third-order valence-corrected chi connectivity index (χ3v) is 4.62. The predicted molar refractivity (Wildman–Crippen MR) is 115 cm³/mol. The molecular formula is C24H25NO5. The number of ether oxygens (including phenoxy) is 3. The molecule has 0 aliphatic heterocycles. The molecule has 30 heavy (non-hydrogen) atoms. The van der Waals surface area contributed by atoms with Gasteiger partial charge in [-0.25, -0.2) is 9.69 Å². The highest BCUT2D eigenvalue weighted by Crippen LogP contribution is 2.33. The van der Waals surface area contributed by atoms with Crippen LogP contribution in [-0.2, 0) is 22.5 Å². The van der Waals surface area contributed by atoms with Gasteiger partial charge in [0.2, 0.25) is 0 Å². The molecule has 0 saturated heterocycles. The minimum absolute atomic E-state index is 0.0568. The van der Waals surface area contributed by atoms with Crippen molar-refractivity contribution in [2.75, 3.05) is 25.7 Å². The molecule has 3 aromatic carbocycles. The van der Waals surface area contributed by atoms with Gasteiger partial charge in [-0.05, 0) is 47.9 Å². The van der Waals surface area contributed by atoms with E-state index in [4.69, 9.17) is 14.2 Å². The molecule has 3 aromatic rings. The third-order valence-electron chi connectivity index (χ3n) is 4.62. The molecule has 6 nitrogen and oxygen atoms in total. The van der Waals surface area contributed by atoms with Crippen molar-refractivity contribution in [3.8, 4) is 11.5 Å². The summed E-state index contributed by atoms with van der Waals surface area (Å²) in [6.07, 6.45) is 0.00347. The number of benzene rings is 3. The van der Waals surface area contributed by atoms with Crippen molar-refractivity contribution in [3.05, 3.63) is 83.9 Å². The topological polar surface area (TPSA) is 68.2 Å². The van der Waals surface area contributed by atoms with Gasteiger partial charge in [0, 0.05) is 6.07 Å². The number of phenols is 1. The van der Waals surface area contributed by atoms with Crippen molar-refractivity contribution in [3.63, 3.8) is 0 Å². The van der Waals surface area contributed by atoms with Crippen LogP contribution < -0.4 is 9.64 Å². The van der Waals surface area contributed by atoms with Crippen LogP contribution in [0.15, 0.2) is 72.8 Å².